The maximum atomic E-state index is 6.58. The molecule has 0 radical (unpaired) electrons. The molecule has 22 aromatic carbocycles. The zero-order valence-electron chi connectivity index (χ0n) is 78.0. The average molecular weight is 1860 g/mol. The van der Waals surface area contributed by atoms with Gasteiger partial charge in [-0.15, -0.1) is 22.7 Å². The Hall–Kier alpha value is -17.5. The monoisotopic (exact) mass is 1850 g/mol. The van der Waals surface area contributed by atoms with Gasteiger partial charge in [-0.3, -0.25) is 0 Å². The van der Waals surface area contributed by atoms with Crippen molar-refractivity contribution >= 4 is 190 Å². The summed E-state index contributed by atoms with van der Waals surface area (Å²) in [6.45, 7) is 9.32. The normalized spacial score (nSPS) is 13.2. The molecular formula is C132H86N4O4S2. The van der Waals surface area contributed by atoms with Crippen LogP contribution in [0.25, 0.3) is 178 Å². The predicted octanol–water partition coefficient (Wildman–Crippen LogP) is 38.6. The summed E-state index contributed by atoms with van der Waals surface area (Å²) in [4.78, 5) is 7.07. The zero-order chi connectivity index (χ0) is 93.9. The van der Waals surface area contributed by atoms with Gasteiger partial charge in [-0.05, 0) is 289 Å². The Morgan fingerprint density at radius 2 is 0.648 bits per heavy atom. The van der Waals surface area contributed by atoms with Crippen LogP contribution in [-0.2, 0) is 10.8 Å². The second kappa shape index (κ2) is 31.5. The second-order valence-electron chi connectivity index (χ2n) is 38.8. The molecule has 0 fully saturated rings. The van der Waals surface area contributed by atoms with Gasteiger partial charge in [0.05, 0.1) is 16.4 Å². The van der Waals surface area contributed by atoms with Crippen LogP contribution in [0, 0.1) is 0 Å². The van der Waals surface area contributed by atoms with Gasteiger partial charge < -0.3 is 37.9 Å². The van der Waals surface area contributed by atoms with Crippen LogP contribution >= 0.6 is 22.7 Å². The minimum absolute atomic E-state index is 0.0179. The van der Waals surface area contributed by atoms with E-state index >= 15 is 0 Å². The predicted molar refractivity (Wildman–Crippen MR) is 595 cm³/mol. The van der Waals surface area contributed by atoms with Crippen LogP contribution in [-0.4, -0.2) is 4.57 Å². The van der Waals surface area contributed by atoms with Gasteiger partial charge in [0.25, 0.3) is 0 Å². The molecule has 0 spiro atoms. The van der Waals surface area contributed by atoms with E-state index in [4.69, 9.17) is 18.6 Å². The molecule has 8 nitrogen and oxygen atoms in total. The van der Waals surface area contributed by atoms with E-state index in [1.165, 1.54) is 139 Å². The van der Waals surface area contributed by atoms with Gasteiger partial charge in [0.1, 0.15) is 45.7 Å². The Kier molecular flexibility index (Phi) is 18.1. The van der Waals surface area contributed by atoms with Gasteiger partial charge in [-0.1, -0.05) is 276 Å². The van der Waals surface area contributed by atoms with Gasteiger partial charge >= 0.3 is 0 Å². The third-order valence-electron chi connectivity index (χ3n) is 30.2. The molecule has 0 atom stereocenters. The number of thiophene rings is 2. The van der Waals surface area contributed by atoms with Crippen LogP contribution in [0.3, 0.4) is 0 Å². The Labute approximate surface area is 827 Å². The number of hydrogen-bond acceptors (Lipinski definition) is 9. The molecule has 0 amide bonds. The number of benzene rings is 22. The van der Waals surface area contributed by atoms with Crippen molar-refractivity contribution in [2.24, 2.45) is 0 Å². The SMILES string of the molecule is CC1(C)c2ccccc2-c2cc(N(c3ccccc3)c3ccc(-c4cc5cccc6c5c5c4oc4cccc(c45)O6)cc3)ccc21.CC1(C)c2ccccc2-c2cc(N(c3ccccc3)c3ccc(-c4ccc5c6c4ccc4sc7cccc(c7c46)O5)cc3)ccc21.c1ccc(N(c2ccc(-c3cc4c5c(c3)sc3ccc6cccc(c6c35)O4)cc2)c2ccc3c4ccccc4n(-c4ccccc4)c3c2)cc1. The Morgan fingerprint density at radius 3 is 1.27 bits per heavy atom. The van der Waals surface area contributed by atoms with Gasteiger partial charge in [0, 0.05) is 146 Å². The van der Waals surface area contributed by atoms with Gasteiger partial charge in [0.15, 0.2) is 0 Å². The largest absolute Gasteiger partial charge is 0.456 e. The molecule has 5 aliphatic rings. The van der Waals surface area contributed by atoms with E-state index in [-0.39, 0.29) is 10.8 Å². The number of hydrogen-bond donors (Lipinski definition) is 0. The van der Waals surface area contributed by atoms with Crippen molar-refractivity contribution in [1.82, 2.24) is 4.57 Å². The fraction of sp³-hybridized carbons (Fsp3) is 0.0455. The zero-order valence-corrected chi connectivity index (χ0v) is 79.6. The minimum atomic E-state index is -0.0281. The molecule has 7 heterocycles. The minimum Gasteiger partial charge on any atom is -0.456 e. The summed E-state index contributed by atoms with van der Waals surface area (Å²) >= 11 is 3.69. The Bertz CT molecular complexity index is 9770. The first-order valence-corrected chi connectivity index (χ1v) is 50.3. The summed E-state index contributed by atoms with van der Waals surface area (Å²) in [6, 6.07) is 162. The lowest BCUT2D eigenvalue weighted by molar-refractivity contribution is 0.492. The Balaban J connectivity index is 0.000000102. The van der Waals surface area contributed by atoms with E-state index in [0.717, 1.165) is 146 Å². The molecule has 0 bridgehead atoms. The van der Waals surface area contributed by atoms with E-state index in [2.05, 4.69) is 472 Å². The second-order valence-corrected chi connectivity index (χ2v) is 41.0. The van der Waals surface area contributed by atoms with E-state index in [1.54, 1.807) is 0 Å². The lowest BCUT2D eigenvalue weighted by Crippen LogP contribution is -2.15. The number of ether oxygens (including phenoxy) is 3. The topological polar surface area (TPSA) is 55.5 Å². The summed E-state index contributed by atoms with van der Waals surface area (Å²) in [5, 5.41) is 17.0. The molecule has 4 aromatic heterocycles. The molecule has 670 valence electrons. The summed E-state index contributed by atoms with van der Waals surface area (Å²) in [6.07, 6.45) is 0. The first-order chi connectivity index (χ1) is 69.9. The third-order valence-corrected chi connectivity index (χ3v) is 32.4. The summed E-state index contributed by atoms with van der Waals surface area (Å²) in [5.41, 5.74) is 33.0. The van der Waals surface area contributed by atoms with Crippen LogP contribution in [0.4, 0.5) is 51.2 Å². The van der Waals surface area contributed by atoms with Crippen molar-refractivity contribution < 1.29 is 18.6 Å². The van der Waals surface area contributed by atoms with Crippen molar-refractivity contribution in [3.63, 3.8) is 0 Å². The summed E-state index contributed by atoms with van der Waals surface area (Å²) in [5.74, 6) is 5.50. The highest BCUT2D eigenvalue weighted by atomic mass is 32.1. The fourth-order valence-corrected chi connectivity index (χ4v) is 26.0. The maximum absolute atomic E-state index is 6.58. The Morgan fingerprint density at radius 1 is 0.218 bits per heavy atom. The van der Waals surface area contributed by atoms with Gasteiger partial charge in [0.2, 0.25) is 0 Å². The number of anilines is 9. The quantitative estimate of drug-likeness (QED) is 0.114. The van der Waals surface area contributed by atoms with Crippen molar-refractivity contribution in [3.8, 4) is 95.8 Å². The standard InChI is InChI=1S/C46H28N2OS.C43H29NO2.C43H29NOS/c1-3-11-32(12-4-1)47(35-23-24-37-36-15-7-8-16-38(36)48(39(37)28-35)33-13-5-2-6-14-33)34-21-18-29(19-22-34)31-26-41-45-43(27-31)50-42-25-20-30-10-9-17-40(49-41)44(30)46(42)45;1-43(2)34-14-7-6-13-31(34)33-25-30(22-23-35(33)43)44(28-11-4-3-5-12-28)29-20-18-26(19-21-29)32-24-27-10-8-15-36-39(27)41-40-37(45-36)16-9-17-38(40)46-42(32)41;1-43(2)34-12-7-6-11-31(34)33-25-29(19-22-35(33)43)44(27-9-4-3-5-10-27)28-17-15-26(16-18-28)30-20-23-37-40-32(30)21-24-39-42(40)41-36(45-37)13-8-14-38(41)46-39/h1-28H;2*3-25H,1-2H3. The number of furan rings is 1. The van der Waals surface area contributed by atoms with Crippen LogP contribution in [0.1, 0.15) is 49.9 Å². The molecule has 0 unspecified atom stereocenters. The molecular weight excluding hydrogens is 1770 g/mol. The molecule has 31 rings (SSSR count). The lowest BCUT2D eigenvalue weighted by Gasteiger charge is -2.27. The van der Waals surface area contributed by atoms with Gasteiger partial charge in [-0.25, -0.2) is 0 Å². The van der Waals surface area contributed by atoms with Crippen LogP contribution < -0.4 is 28.9 Å². The fourth-order valence-electron chi connectivity index (χ4n) is 23.7. The first kappa shape index (κ1) is 81.6. The highest BCUT2D eigenvalue weighted by molar-refractivity contribution is 7.26. The molecule has 3 aliphatic heterocycles. The van der Waals surface area contributed by atoms with Crippen molar-refractivity contribution in [2.75, 3.05) is 14.7 Å². The first-order valence-electron chi connectivity index (χ1n) is 48.6. The van der Waals surface area contributed by atoms with Crippen molar-refractivity contribution in [1.29, 1.82) is 0 Å². The third kappa shape index (κ3) is 12.5. The molecule has 0 saturated heterocycles. The van der Waals surface area contributed by atoms with Crippen molar-refractivity contribution in [3.05, 3.63) is 471 Å². The molecule has 142 heavy (non-hydrogen) atoms. The summed E-state index contributed by atoms with van der Waals surface area (Å²) in [7, 11) is 0. The van der Waals surface area contributed by atoms with E-state index < -0.39 is 0 Å². The number of aromatic nitrogens is 1. The lowest BCUT2D eigenvalue weighted by atomic mass is 9.82. The van der Waals surface area contributed by atoms with E-state index in [9.17, 15) is 0 Å². The molecule has 0 saturated carbocycles. The smallest absolute Gasteiger partial charge is 0.144 e. The molecule has 10 heteroatoms. The van der Waals surface area contributed by atoms with Crippen LogP contribution in [0.15, 0.2) is 453 Å². The average Bonchev–Trinajstić information content (AvgIpc) is 1.53. The number of nitrogens with zero attached hydrogens (tertiary/aromatic N) is 4. The number of fused-ring (bicyclic) bond motifs is 9. The van der Waals surface area contributed by atoms with E-state index in [1.807, 2.05) is 46.9 Å². The summed E-state index contributed by atoms with van der Waals surface area (Å²) < 4.78 is 33.4. The molecule has 0 N–H and O–H groups in total. The number of para-hydroxylation sites is 5. The number of rotatable bonds is 13. The van der Waals surface area contributed by atoms with Crippen molar-refractivity contribution in [2.45, 2.75) is 38.5 Å². The van der Waals surface area contributed by atoms with Gasteiger partial charge in [-0.2, -0.15) is 0 Å². The van der Waals surface area contributed by atoms with Crippen LogP contribution in [0.5, 0.6) is 34.5 Å². The van der Waals surface area contributed by atoms with E-state index in [0.29, 0.717) is 0 Å². The molecule has 2 aliphatic carbocycles. The van der Waals surface area contributed by atoms with Crippen LogP contribution in [0.2, 0.25) is 0 Å². The highest BCUT2D eigenvalue weighted by Crippen LogP contribution is 2.59. The maximum Gasteiger partial charge on any atom is 0.144 e. The highest BCUT2D eigenvalue weighted by Gasteiger charge is 2.39. The molecule has 26 aromatic rings.